The van der Waals surface area contributed by atoms with Crippen molar-refractivity contribution in [2.75, 3.05) is 5.32 Å². The van der Waals surface area contributed by atoms with Gasteiger partial charge in [-0.1, -0.05) is 5.16 Å². The van der Waals surface area contributed by atoms with E-state index >= 15 is 0 Å². The lowest BCUT2D eigenvalue weighted by molar-refractivity contribution is 0.318. The van der Waals surface area contributed by atoms with E-state index in [4.69, 9.17) is 5.21 Å². The van der Waals surface area contributed by atoms with Crippen LogP contribution in [-0.2, 0) is 0 Å². The SMILES string of the molecule is CC(=NO)Nc1n[nH]cc1C. The number of aryl methyl sites for hydroxylation is 1. The molecule has 11 heavy (non-hydrogen) atoms. The Morgan fingerprint density at radius 2 is 2.55 bits per heavy atom. The van der Waals surface area contributed by atoms with Gasteiger partial charge in [0, 0.05) is 11.8 Å². The first kappa shape index (κ1) is 7.59. The van der Waals surface area contributed by atoms with E-state index in [2.05, 4.69) is 20.7 Å². The summed E-state index contributed by atoms with van der Waals surface area (Å²) in [4.78, 5) is 0. The van der Waals surface area contributed by atoms with Crippen LogP contribution >= 0.6 is 0 Å². The van der Waals surface area contributed by atoms with E-state index in [9.17, 15) is 0 Å². The van der Waals surface area contributed by atoms with Crippen molar-refractivity contribution in [3.63, 3.8) is 0 Å². The molecule has 0 unspecified atom stereocenters. The molecule has 0 aromatic carbocycles. The average Bonchev–Trinajstić information content (AvgIpc) is 2.37. The Bertz CT molecular complexity index is 265. The molecule has 1 aromatic rings. The number of H-pyrrole nitrogens is 1. The maximum atomic E-state index is 8.31. The maximum Gasteiger partial charge on any atom is 0.156 e. The zero-order valence-corrected chi connectivity index (χ0v) is 6.42. The minimum atomic E-state index is 0.417. The third-order valence-corrected chi connectivity index (χ3v) is 1.28. The molecule has 1 rings (SSSR count). The Balaban J connectivity index is 2.72. The van der Waals surface area contributed by atoms with E-state index in [0.29, 0.717) is 11.7 Å². The summed E-state index contributed by atoms with van der Waals surface area (Å²) in [7, 11) is 0. The number of nitrogens with one attached hydrogen (secondary N) is 2. The number of anilines is 1. The molecule has 3 N–H and O–H groups in total. The van der Waals surface area contributed by atoms with Crippen LogP contribution in [0.4, 0.5) is 5.82 Å². The van der Waals surface area contributed by atoms with Crippen LogP contribution in [0, 0.1) is 6.92 Å². The van der Waals surface area contributed by atoms with Crippen molar-refractivity contribution in [2.45, 2.75) is 13.8 Å². The van der Waals surface area contributed by atoms with Gasteiger partial charge in [0.2, 0.25) is 0 Å². The molecule has 1 aromatic heterocycles. The largest absolute Gasteiger partial charge is 0.409 e. The molecule has 0 spiro atoms. The van der Waals surface area contributed by atoms with Gasteiger partial charge in [-0.05, 0) is 13.8 Å². The summed E-state index contributed by atoms with van der Waals surface area (Å²) in [6.07, 6.45) is 1.76. The molecule has 60 valence electrons. The van der Waals surface area contributed by atoms with E-state index in [1.165, 1.54) is 0 Å². The molecule has 0 amide bonds. The third kappa shape index (κ3) is 1.70. The predicted octanol–water partition coefficient (Wildman–Crippen LogP) is 0.938. The van der Waals surface area contributed by atoms with Crippen molar-refractivity contribution < 1.29 is 5.21 Å². The highest BCUT2D eigenvalue weighted by Gasteiger charge is 2.00. The summed E-state index contributed by atoms with van der Waals surface area (Å²) in [5, 5.41) is 20.6. The molecule has 0 atom stereocenters. The molecule has 0 saturated carbocycles. The maximum absolute atomic E-state index is 8.31. The van der Waals surface area contributed by atoms with Crippen molar-refractivity contribution in [3.05, 3.63) is 11.8 Å². The molecule has 0 fully saturated rings. The van der Waals surface area contributed by atoms with Crippen LogP contribution in [0.2, 0.25) is 0 Å². The Morgan fingerprint density at radius 1 is 1.82 bits per heavy atom. The van der Waals surface area contributed by atoms with Gasteiger partial charge in [0.15, 0.2) is 5.82 Å². The van der Waals surface area contributed by atoms with E-state index in [1.807, 2.05) is 6.92 Å². The number of amidine groups is 1. The molecule has 0 aliphatic heterocycles. The second-order valence-electron chi connectivity index (χ2n) is 2.23. The molecule has 1 heterocycles. The Morgan fingerprint density at radius 3 is 3.00 bits per heavy atom. The van der Waals surface area contributed by atoms with Gasteiger partial charge >= 0.3 is 0 Å². The highest BCUT2D eigenvalue weighted by Crippen LogP contribution is 2.07. The van der Waals surface area contributed by atoms with Crippen LogP contribution in [0.3, 0.4) is 0 Å². The van der Waals surface area contributed by atoms with Crippen molar-refractivity contribution in [2.24, 2.45) is 5.16 Å². The zero-order chi connectivity index (χ0) is 8.27. The summed E-state index contributed by atoms with van der Waals surface area (Å²) < 4.78 is 0. The van der Waals surface area contributed by atoms with Crippen molar-refractivity contribution in [3.8, 4) is 0 Å². The third-order valence-electron chi connectivity index (χ3n) is 1.28. The lowest BCUT2D eigenvalue weighted by atomic mass is 10.4. The molecular formula is C6H10N4O. The first-order valence-electron chi connectivity index (χ1n) is 3.20. The van der Waals surface area contributed by atoms with Crippen LogP contribution in [0.15, 0.2) is 11.4 Å². The number of oxime groups is 1. The van der Waals surface area contributed by atoms with E-state index in [1.54, 1.807) is 13.1 Å². The summed E-state index contributed by atoms with van der Waals surface area (Å²) >= 11 is 0. The van der Waals surface area contributed by atoms with E-state index in [0.717, 1.165) is 5.56 Å². The summed E-state index contributed by atoms with van der Waals surface area (Å²) in [6, 6.07) is 0. The topological polar surface area (TPSA) is 73.3 Å². The van der Waals surface area contributed by atoms with Crippen molar-refractivity contribution >= 4 is 11.7 Å². The van der Waals surface area contributed by atoms with Gasteiger partial charge in [-0.15, -0.1) is 0 Å². The number of aromatic amines is 1. The van der Waals surface area contributed by atoms with Gasteiger partial charge in [-0.2, -0.15) is 5.10 Å². The number of nitrogens with zero attached hydrogens (tertiary/aromatic N) is 2. The number of hydrogen-bond donors (Lipinski definition) is 3. The molecule has 5 heteroatoms. The first-order chi connectivity index (χ1) is 5.24. The number of rotatable bonds is 1. The quantitative estimate of drug-likeness (QED) is 0.244. The standard InChI is InChI=1S/C6H10N4O/c1-4-3-7-9-6(4)8-5(2)10-11/h3,11H,1-2H3,(H2,7,8,9,10). The predicted molar refractivity (Wildman–Crippen MR) is 41.8 cm³/mol. The van der Waals surface area contributed by atoms with Crippen molar-refractivity contribution in [1.29, 1.82) is 0 Å². The Kier molecular flexibility index (Phi) is 2.10. The fraction of sp³-hybridized carbons (Fsp3) is 0.333. The summed E-state index contributed by atoms with van der Waals surface area (Å²) in [5.74, 6) is 1.10. The Hall–Kier alpha value is -1.52. The second kappa shape index (κ2) is 3.05. The van der Waals surface area contributed by atoms with E-state index in [-0.39, 0.29) is 0 Å². The number of hydrogen-bond acceptors (Lipinski definition) is 3. The smallest absolute Gasteiger partial charge is 0.156 e. The van der Waals surface area contributed by atoms with Crippen LogP contribution in [0.25, 0.3) is 0 Å². The fourth-order valence-electron chi connectivity index (χ4n) is 0.673. The highest BCUT2D eigenvalue weighted by molar-refractivity contribution is 5.92. The fourth-order valence-corrected chi connectivity index (χ4v) is 0.673. The summed E-state index contributed by atoms with van der Waals surface area (Å²) in [5.41, 5.74) is 0.980. The summed E-state index contributed by atoms with van der Waals surface area (Å²) in [6.45, 7) is 3.55. The van der Waals surface area contributed by atoms with Gasteiger partial charge in [-0.25, -0.2) is 0 Å². The van der Waals surface area contributed by atoms with Gasteiger partial charge in [0.25, 0.3) is 0 Å². The van der Waals surface area contributed by atoms with Crippen LogP contribution in [0.1, 0.15) is 12.5 Å². The molecular weight excluding hydrogens is 144 g/mol. The average molecular weight is 154 g/mol. The first-order valence-corrected chi connectivity index (χ1v) is 3.20. The van der Waals surface area contributed by atoms with E-state index < -0.39 is 0 Å². The lowest BCUT2D eigenvalue weighted by Crippen LogP contribution is -2.07. The monoisotopic (exact) mass is 154 g/mol. The molecule has 5 nitrogen and oxygen atoms in total. The van der Waals surface area contributed by atoms with Crippen LogP contribution in [-0.4, -0.2) is 21.2 Å². The molecule has 0 radical (unpaired) electrons. The van der Waals surface area contributed by atoms with Crippen molar-refractivity contribution in [1.82, 2.24) is 10.2 Å². The minimum absolute atomic E-state index is 0.417. The van der Waals surface area contributed by atoms with Crippen LogP contribution < -0.4 is 5.32 Å². The van der Waals surface area contributed by atoms with Gasteiger partial charge in [0.1, 0.15) is 5.84 Å². The van der Waals surface area contributed by atoms with Crippen LogP contribution in [0.5, 0.6) is 0 Å². The molecule has 0 bridgehead atoms. The zero-order valence-electron chi connectivity index (χ0n) is 6.42. The molecule has 0 aliphatic carbocycles. The van der Waals surface area contributed by atoms with Gasteiger partial charge < -0.3 is 10.5 Å². The van der Waals surface area contributed by atoms with Gasteiger partial charge in [-0.3, -0.25) is 5.10 Å². The molecule has 0 saturated heterocycles. The molecule has 0 aliphatic rings. The lowest BCUT2D eigenvalue weighted by Gasteiger charge is -1.98. The number of aromatic nitrogens is 2. The van der Waals surface area contributed by atoms with Gasteiger partial charge in [0.05, 0.1) is 0 Å². The normalized spacial score (nSPS) is 11.6. The Labute approximate surface area is 64.1 Å². The highest BCUT2D eigenvalue weighted by atomic mass is 16.4. The second-order valence-corrected chi connectivity index (χ2v) is 2.23. The minimum Gasteiger partial charge on any atom is -0.409 e.